The van der Waals surface area contributed by atoms with Crippen molar-refractivity contribution in [3.05, 3.63) is 53.0 Å². The summed E-state index contributed by atoms with van der Waals surface area (Å²) in [6.07, 6.45) is -0.533. The van der Waals surface area contributed by atoms with E-state index < -0.39 is 12.1 Å². The van der Waals surface area contributed by atoms with Crippen LogP contribution in [0.15, 0.2) is 34.7 Å². The maximum absolute atomic E-state index is 12.9. The molecule has 0 radical (unpaired) electrons. The van der Waals surface area contributed by atoms with Crippen molar-refractivity contribution in [2.24, 2.45) is 0 Å². The Kier molecular flexibility index (Phi) is 4.76. The van der Waals surface area contributed by atoms with Gasteiger partial charge in [0.15, 0.2) is 6.17 Å². The van der Waals surface area contributed by atoms with Crippen LogP contribution in [-0.2, 0) is 9.47 Å². The number of methoxy groups -OCH3 is 2. The molecule has 0 saturated carbocycles. The van der Waals surface area contributed by atoms with Crippen molar-refractivity contribution in [2.45, 2.75) is 13.1 Å². The molecule has 0 bridgehead atoms. The lowest BCUT2D eigenvalue weighted by molar-refractivity contribution is 0.0581. The van der Waals surface area contributed by atoms with E-state index in [4.69, 9.17) is 13.9 Å². The molecule has 132 valence electrons. The summed E-state index contributed by atoms with van der Waals surface area (Å²) in [5.41, 5.74) is 1.66. The highest BCUT2D eigenvalue weighted by Crippen LogP contribution is 2.34. The van der Waals surface area contributed by atoms with Crippen molar-refractivity contribution in [1.82, 2.24) is 4.90 Å². The van der Waals surface area contributed by atoms with Crippen molar-refractivity contribution in [2.75, 3.05) is 32.7 Å². The predicted molar refractivity (Wildman–Crippen MR) is 90.5 cm³/mol. The van der Waals surface area contributed by atoms with Crippen molar-refractivity contribution >= 4 is 17.6 Å². The van der Waals surface area contributed by atoms with Crippen LogP contribution in [0.1, 0.15) is 38.4 Å². The van der Waals surface area contributed by atoms with E-state index in [2.05, 4.69) is 5.32 Å². The summed E-state index contributed by atoms with van der Waals surface area (Å²) in [5.74, 6) is 0.321. The monoisotopic (exact) mass is 344 g/mol. The maximum Gasteiger partial charge on any atom is 0.341 e. The fourth-order valence-corrected chi connectivity index (χ4v) is 2.89. The van der Waals surface area contributed by atoms with Crippen LogP contribution in [0.5, 0.6) is 0 Å². The van der Waals surface area contributed by atoms with Crippen molar-refractivity contribution in [3.63, 3.8) is 0 Å². The second-order valence-electron chi connectivity index (χ2n) is 5.69. The first-order valence-corrected chi connectivity index (χ1v) is 7.91. The number of carbonyl (C=O) groups excluding carboxylic acids is 2. The number of benzene rings is 1. The fourth-order valence-electron chi connectivity index (χ4n) is 2.89. The van der Waals surface area contributed by atoms with E-state index >= 15 is 0 Å². The molecule has 1 aromatic heterocycles. The van der Waals surface area contributed by atoms with Gasteiger partial charge in [-0.2, -0.15) is 0 Å². The number of ether oxygens (including phenoxy) is 2. The van der Waals surface area contributed by atoms with Crippen LogP contribution in [-0.4, -0.2) is 44.1 Å². The van der Waals surface area contributed by atoms with Gasteiger partial charge in [0, 0.05) is 19.3 Å². The van der Waals surface area contributed by atoms with E-state index in [9.17, 15) is 9.59 Å². The molecular weight excluding hydrogens is 324 g/mol. The van der Waals surface area contributed by atoms with Gasteiger partial charge in [0.1, 0.15) is 17.1 Å². The number of anilines is 1. The summed E-state index contributed by atoms with van der Waals surface area (Å²) in [6.45, 7) is 2.46. The average Bonchev–Trinajstić information content (AvgIpc) is 3.01. The molecule has 0 spiro atoms. The molecule has 2 heterocycles. The molecule has 3 rings (SSSR count). The SMILES string of the molecule is COCCN1C(=O)c2ccccc2N[C@H]1c1cc(C(=O)OC)c(C)o1. The number of aryl methyl sites for hydroxylation is 1. The Hall–Kier alpha value is -2.80. The molecule has 0 unspecified atom stereocenters. The number of rotatable bonds is 5. The molecule has 1 aliphatic rings. The molecule has 1 atom stereocenters. The summed E-state index contributed by atoms with van der Waals surface area (Å²) in [4.78, 5) is 26.4. The first-order chi connectivity index (χ1) is 12.1. The maximum atomic E-state index is 12.9. The number of amides is 1. The van der Waals surface area contributed by atoms with Gasteiger partial charge >= 0.3 is 5.97 Å². The molecule has 1 amide bonds. The zero-order chi connectivity index (χ0) is 18.0. The van der Waals surface area contributed by atoms with E-state index in [1.165, 1.54) is 7.11 Å². The predicted octanol–water partition coefficient (Wildman–Crippen LogP) is 2.59. The molecule has 0 saturated heterocycles. The number of para-hydroxylation sites is 1. The lowest BCUT2D eigenvalue weighted by atomic mass is 10.1. The quantitative estimate of drug-likeness (QED) is 0.840. The van der Waals surface area contributed by atoms with E-state index in [1.54, 1.807) is 31.1 Å². The van der Waals surface area contributed by atoms with Gasteiger partial charge < -0.3 is 24.1 Å². The van der Waals surface area contributed by atoms with Gasteiger partial charge in [0.2, 0.25) is 0 Å². The fraction of sp³-hybridized carbons (Fsp3) is 0.333. The number of fused-ring (bicyclic) bond motifs is 1. The van der Waals surface area contributed by atoms with Crippen LogP contribution in [0.4, 0.5) is 5.69 Å². The third-order valence-corrected chi connectivity index (χ3v) is 4.17. The van der Waals surface area contributed by atoms with Crippen molar-refractivity contribution in [3.8, 4) is 0 Å². The van der Waals surface area contributed by atoms with Crippen LogP contribution in [0.3, 0.4) is 0 Å². The number of furan rings is 1. The van der Waals surface area contributed by atoms with Gasteiger partial charge in [-0.3, -0.25) is 4.79 Å². The summed E-state index contributed by atoms with van der Waals surface area (Å²) in [5, 5.41) is 3.30. The summed E-state index contributed by atoms with van der Waals surface area (Å²) >= 11 is 0. The van der Waals surface area contributed by atoms with E-state index in [0.29, 0.717) is 35.8 Å². The molecule has 1 aromatic carbocycles. The van der Waals surface area contributed by atoms with Crippen molar-refractivity contribution in [1.29, 1.82) is 0 Å². The average molecular weight is 344 g/mol. The zero-order valence-corrected chi connectivity index (χ0v) is 14.4. The molecule has 7 nitrogen and oxygen atoms in total. The first kappa shape index (κ1) is 17.0. The summed E-state index contributed by atoms with van der Waals surface area (Å²) < 4.78 is 15.6. The molecule has 25 heavy (non-hydrogen) atoms. The van der Waals surface area contributed by atoms with Crippen LogP contribution in [0, 0.1) is 6.92 Å². The standard InChI is InChI=1S/C18H20N2O5/c1-11-13(18(22)24-3)10-15(25-11)16-19-14-7-5-4-6-12(14)17(21)20(16)8-9-23-2/h4-7,10,16,19H,8-9H2,1-3H3/t16-/m1/s1. The summed E-state index contributed by atoms with van der Waals surface area (Å²) in [6, 6.07) is 8.90. The third-order valence-electron chi connectivity index (χ3n) is 4.17. The Bertz CT molecular complexity index is 799. The van der Waals surface area contributed by atoms with Crippen LogP contribution >= 0.6 is 0 Å². The minimum Gasteiger partial charge on any atom is -0.465 e. The van der Waals surface area contributed by atoms with Crippen LogP contribution < -0.4 is 5.32 Å². The Labute approximate surface area is 145 Å². The van der Waals surface area contributed by atoms with Gasteiger partial charge in [-0.25, -0.2) is 4.79 Å². The minimum absolute atomic E-state index is 0.120. The zero-order valence-electron chi connectivity index (χ0n) is 14.4. The Balaban J connectivity index is 2.00. The van der Waals surface area contributed by atoms with Gasteiger partial charge in [0.05, 0.1) is 19.3 Å². The second kappa shape index (κ2) is 6.98. The van der Waals surface area contributed by atoms with Crippen LogP contribution in [0.2, 0.25) is 0 Å². The molecular formula is C18H20N2O5. The van der Waals surface area contributed by atoms with E-state index in [0.717, 1.165) is 5.69 Å². The lowest BCUT2D eigenvalue weighted by Crippen LogP contribution is -2.44. The number of hydrogen-bond acceptors (Lipinski definition) is 6. The Morgan fingerprint density at radius 3 is 2.80 bits per heavy atom. The van der Waals surface area contributed by atoms with Crippen LogP contribution in [0.25, 0.3) is 0 Å². The number of hydrogen-bond donors (Lipinski definition) is 1. The molecule has 1 N–H and O–H groups in total. The minimum atomic E-state index is -0.533. The topological polar surface area (TPSA) is 81.0 Å². The number of nitrogens with one attached hydrogen (secondary N) is 1. The molecule has 0 aliphatic carbocycles. The highest BCUT2D eigenvalue weighted by molar-refractivity contribution is 6.01. The lowest BCUT2D eigenvalue weighted by Gasteiger charge is -2.36. The molecule has 2 aromatic rings. The largest absolute Gasteiger partial charge is 0.465 e. The third kappa shape index (κ3) is 3.10. The number of esters is 1. The van der Waals surface area contributed by atoms with Gasteiger partial charge in [-0.05, 0) is 25.1 Å². The molecule has 1 aliphatic heterocycles. The van der Waals surface area contributed by atoms with E-state index in [-0.39, 0.29) is 5.91 Å². The van der Waals surface area contributed by atoms with Gasteiger partial charge in [-0.1, -0.05) is 12.1 Å². The normalized spacial score (nSPS) is 16.4. The van der Waals surface area contributed by atoms with Gasteiger partial charge in [0.25, 0.3) is 5.91 Å². The highest BCUT2D eigenvalue weighted by Gasteiger charge is 2.35. The number of carbonyl (C=O) groups is 2. The van der Waals surface area contributed by atoms with Crippen molar-refractivity contribution < 1.29 is 23.5 Å². The Morgan fingerprint density at radius 2 is 2.08 bits per heavy atom. The second-order valence-corrected chi connectivity index (χ2v) is 5.69. The smallest absolute Gasteiger partial charge is 0.341 e. The summed E-state index contributed by atoms with van der Waals surface area (Å²) in [7, 11) is 2.90. The molecule has 7 heteroatoms. The molecule has 0 fully saturated rings. The van der Waals surface area contributed by atoms with E-state index in [1.807, 2.05) is 18.2 Å². The first-order valence-electron chi connectivity index (χ1n) is 7.91. The number of nitrogens with zero attached hydrogens (tertiary/aromatic N) is 1. The highest BCUT2D eigenvalue weighted by atomic mass is 16.5. The van der Waals surface area contributed by atoms with Gasteiger partial charge in [-0.15, -0.1) is 0 Å². The Morgan fingerprint density at radius 1 is 1.32 bits per heavy atom.